The van der Waals surface area contributed by atoms with Crippen LogP contribution >= 0.6 is 31.9 Å². The first-order chi connectivity index (χ1) is 9.97. The Kier molecular flexibility index (Phi) is 5.03. The third-order valence-corrected chi connectivity index (χ3v) is 3.75. The van der Waals surface area contributed by atoms with Gasteiger partial charge in [-0.2, -0.15) is 0 Å². The summed E-state index contributed by atoms with van der Waals surface area (Å²) in [5.74, 6) is -1.01. The number of nitrogen functional groups attached to an aromatic ring is 1. The number of halogens is 2. The smallest absolute Gasteiger partial charge is 0.337 e. The summed E-state index contributed by atoms with van der Waals surface area (Å²) in [6, 6.07) is 12.9. The van der Waals surface area contributed by atoms with Crippen molar-refractivity contribution in [2.24, 2.45) is 0 Å². The summed E-state index contributed by atoms with van der Waals surface area (Å²) in [7, 11) is 0. The first-order valence-corrected chi connectivity index (χ1v) is 7.57. The first kappa shape index (κ1) is 15.6. The van der Waals surface area contributed by atoms with Gasteiger partial charge in [0.05, 0.1) is 5.56 Å². The zero-order chi connectivity index (χ0) is 15.4. The minimum atomic E-state index is -1.01. The number of aromatic carboxylic acids is 1. The SMILES string of the molecule is Brc1ccc2[nH]ccc2c1.Nc1ccc(Br)cc1C(=O)O. The minimum Gasteiger partial charge on any atom is -0.478 e. The molecule has 0 fully saturated rings. The molecule has 0 aliphatic carbocycles. The summed E-state index contributed by atoms with van der Waals surface area (Å²) in [5, 5.41) is 9.83. The molecule has 4 N–H and O–H groups in total. The molecule has 0 aliphatic rings. The third kappa shape index (κ3) is 4.09. The van der Waals surface area contributed by atoms with E-state index < -0.39 is 5.97 Å². The lowest BCUT2D eigenvalue weighted by Crippen LogP contribution is -2.01. The summed E-state index contributed by atoms with van der Waals surface area (Å²) in [6.07, 6.45) is 1.94. The molecular weight excluding hydrogens is 400 g/mol. The Balaban J connectivity index is 0.000000154. The molecule has 3 aromatic rings. The number of hydrogen-bond acceptors (Lipinski definition) is 2. The average molecular weight is 412 g/mol. The number of anilines is 1. The van der Waals surface area contributed by atoms with Gasteiger partial charge in [0.15, 0.2) is 0 Å². The molecule has 4 nitrogen and oxygen atoms in total. The average Bonchev–Trinajstić information content (AvgIpc) is 2.89. The van der Waals surface area contributed by atoms with Gasteiger partial charge in [-0.05, 0) is 42.5 Å². The molecule has 3 rings (SSSR count). The summed E-state index contributed by atoms with van der Waals surface area (Å²) in [4.78, 5) is 13.6. The first-order valence-electron chi connectivity index (χ1n) is 5.98. The van der Waals surface area contributed by atoms with Gasteiger partial charge >= 0.3 is 5.97 Å². The molecule has 0 atom stereocenters. The van der Waals surface area contributed by atoms with Crippen LogP contribution in [-0.4, -0.2) is 16.1 Å². The van der Waals surface area contributed by atoms with Crippen molar-refractivity contribution in [2.45, 2.75) is 0 Å². The largest absolute Gasteiger partial charge is 0.478 e. The Morgan fingerprint density at radius 1 is 1.05 bits per heavy atom. The summed E-state index contributed by atoms with van der Waals surface area (Å²) in [5.41, 5.74) is 6.98. The molecule has 0 amide bonds. The van der Waals surface area contributed by atoms with Gasteiger partial charge in [0.2, 0.25) is 0 Å². The van der Waals surface area contributed by atoms with Gasteiger partial charge in [-0.25, -0.2) is 4.79 Å². The number of carbonyl (C=O) groups is 1. The molecule has 0 spiro atoms. The van der Waals surface area contributed by atoms with Crippen molar-refractivity contribution in [3.63, 3.8) is 0 Å². The van der Waals surface area contributed by atoms with Crippen LogP contribution in [0.4, 0.5) is 5.69 Å². The molecule has 0 unspecified atom stereocenters. The number of rotatable bonds is 1. The van der Waals surface area contributed by atoms with Gasteiger partial charge in [-0.1, -0.05) is 31.9 Å². The number of benzene rings is 2. The number of aromatic amines is 1. The van der Waals surface area contributed by atoms with E-state index in [9.17, 15) is 4.79 Å². The fourth-order valence-corrected chi connectivity index (χ4v) is 2.48. The molecule has 2 aromatic carbocycles. The topological polar surface area (TPSA) is 79.1 Å². The number of nitrogens with one attached hydrogen (secondary N) is 1. The highest BCUT2D eigenvalue weighted by atomic mass is 79.9. The predicted octanol–water partition coefficient (Wildman–Crippen LogP) is 4.66. The maximum Gasteiger partial charge on any atom is 0.337 e. The molecule has 21 heavy (non-hydrogen) atoms. The van der Waals surface area contributed by atoms with E-state index in [2.05, 4.69) is 55.0 Å². The van der Waals surface area contributed by atoms with Crippen molar-refractivity contribution in [3.8, 4) is 0 Å². The molecule has 0 bridgehead atoms. The fourth-order valence-electron chi connectivity index (χ4n) is 1.74. The Morgan fingerprint density at radius 3 is 2.38 bits per heavy atom. The lowest BCUT2D eigenvalue weighted by molar-refractivity contribution is 0.0698. The Morgan fingerprint density at radius 2 is 1.71 bits per heavy atom. The monoisotopic (exact) mass is 410 g/mol. The van der Waals surface area contributed by atoms with Gasteiger partial charge < -0.3 is 15.8 Å². The number of nitrogens with two attached hydrogens (primary N) is 1. The van der Waals surface area contributed by atoms with E-state index in [-0.39, 0.29) is 11.3 Å². The number of carboxylic acids is 1. The second-order valence-corrected chi connectivity index (χ2v) is 6.08. The lowest BCUT2D eigenvalue weighted by Gasteiger charge is -1.99. The number of carboxylic acid groups (broad SMARTS) is 1. The van der Waals surface area contributed by atoms with Gasteiger partial charge in [-0.15, -0.1) is 0 Å². The van der Waals surface area contributed by atoms with Crippen molar-refractivity contribution in [2.75, 3.05) is 5.73 Å². The lowest BCUT2D eigenvalue weighted by atomic mass is 10.2. The van der Waals surface area contributed by atoms with Crippen molar-refractivity contribution < 1.29 is 9.90 Å². The normalized spacial score (nSPS) is 10.0. The van der Waals surface area contributed by atoms with Crippen LogP contribution in [0.15, 0.2) is 57.6 Å². The standard InChI is InChI=1S/C8H6BrN.C7H6BrNO2/c9-7-1-2-8-6(5-7)3-4-10-8;8-4-1-2-6(9)5(3-4)7(10)11/h1-5,10H;1-3H,9H2,(H,10,11). The number of hydrogen-bond donors (Lipinski definition) is 3. The number of aromatic nitrogens is 1. The summed E-state index contributed by atoms with van der Waals surface area (Å²) in [6.45, 7) is 0. The van der Waals surface area contributed by atoms with Crippen LogP contribution in [-0.2, 0) is 0 Å². The highest BCUT2D eigenvalue weighted by molar-refractivity contribution is 9.10. The van der Waals surface area contributed by atoms with Crippen molar-refractivity contribution in [1.82, 2.24) is 4.98 Å². The third-order valence-electron chi connectivity index (χ3n) is 2.76. The molecule has 1 heterocycles. The van der Waals surface area contributed by atoms with E-state index in [1.54, 1.807) is 12.1 Å². The second kappa shape index (κ2) is 6.78. The predicted molar refractivity (Wildman–Crippen MR) is 91.5 cm³/mol. The molecule has 108 valence electrons. The summed E-state index contributed by atoms with van der Waals surface area (Å²) < 4.78 is 1.84. The van der Waals surface area contributed by atoms with Crippen molar-refractivity contribution >= 4 is 54.4 Å². The molecule has 6 heteroatoms. The Bertz CT molecular complexity index is 784. The molecule has 0 aliphatic heterocycles. The van der Waals surface area contributed by atoms with E-state index in [0.717, 1.165) is 4.47 Å². The number of fused-ring (bicyclic) bond motifs is 1. The maximum atomic E-state index is 10.5. The second-order valence-electron chi connectivity index (χ2n) is 4.25. The van der Waals surface area contributed by atoms with Crippen molar-refractivity contribution in [1.29, 1.82) is 0 Å². The van der Waals surface area contributed by atoms with Gasteiger partial charge in [0.1, 0.15) is 0 Å². The fraction of sp³-hybridized carbons (Fsp3) is 0. The zero-order valence-electron chi connectivity index (χ0n) is 10.8. The van der Waals surface area contributed by atoms with E-state index in [4.69, 9.17) is 10.8 Å². The highest BCUT2D eigenvalue weighted by Gasteiger charge is 2.06. The van der Waals surface area contributed by atoms with E-state index in [1.165, 1.54) is 17.0 Å². The van der Waals surface area contributed by atoms with Crippen LogP contribution in [0.3, 0.4) is 0 Å². The van der Waals surface area contributed by atoms with Gasteiger partial charge in [-0.3, -0.25) is 0 Å². The molecular formula is C15H12Br2N2O2. The zero-order valence-corrected chi connectivity index (χ0v) is 14.0. The molecule has 0 saturated carbocycles. The van der Waals surface area contributed by atoms with Crippen LogP contribution in [0.2, 0.25) is 0 Å². The van der Waals surface area contributed by atoms with E-state index in [0.29, 0.717) is 4.47 Å². The van der Waals surface area contributed by atoms with Gasteiger partial charge in [0, 0.05) is 31.7 Å². The Hall–Kier alpha value is -1.79. The van der Waals surface area contributed by atoms with Crippen molar-refractivity contribution in [3.05, 3.63) is 63.2 Å². The Labute approximate surface area is 138 Å². The minimum absolute atomic E-state index is 0.124. The van der Waals surface area contributed by atoms with Crippen LogP contribution < -0.4 is 5.73 Å². The maximum absolute atomic E-state index is 10.5. The van der Waals surface area contributed by atoms with Crippen LogP contribution in [0.5, 0.6) is 0 Å². The van der Waals surface area contributed by atoms with E-state index >= 15 is 0 Å². The van der Waals surface area contributed by atoms with Gasteiger partial charge in [0.25, 0.3) is 0 Å². The van der Waals surface area contributed by atoms with Crippen LogP contribution in [0.1, 0.15) is 10.4 Å². The van der Waals surface area contributed by atoms with Crippen LogP contribution in [0.25, 0.3) is 10.9 Å². The molecule has 0 saturated heterocycles. The quantitative estimate of drug-likeness (QED) is 0.509. The summed E-state index contributed by atoms with van der Waals surface area (Å²) >= 11 is 6.55. The number of H-pyrrole nitrogens is 1. The van der Waals surface area contributed by atoms with E-state index in [1.807, 2.05) is 12.3 Å². The molecule has 1 aromatic heterocycles. The molecule has 0 radical (unpaired) electrons. The highest BCUT2D eigenvalue weighted by Crippen LogP contribution is 2.18. The van der Waals surface area contributed by atoms with Crippen LogP contribution in [0, 0.1) is 0 Å².